The van der Waals surface area contributed by atoms with E-state index >= 15 is 0 Å². The van der Waals surface area contributed by atoms with Gasteiger partial charge in [-0.05, 0) is 29.7 Å². The number of hydrogen-bond donors (Lipinski definition) is 2. The molecule has 1 aliphatic rings. The van der Waals surface area contributed by atoms with Gasteiger partial charge in [-0.2, -0.15) is 0 Å². The lowest BCUT2D eigenvalue weighted by Gasteiger charge is -2.37. The molecule has 0 saturated heterocycles. The summed E-state index contributed by atoms with van der Waals surface area (Å²) >= 11 is 0. The van der Waals surface area contributed by atoms with Crippen LogP contribution in [-0.2, 0) is 0 Å². The molecule has 2 aromatic carbocycles. The molecule has 2 heterocycles. The molecule has 2 N–H and O–H groups in total. The Hall–Kier alpha value is -3.34. The number of rotatable bonds is 3. The van der Waals surface area contributed by atoms with Gasteiger partial charge in [-0.3, -0.25) is 9.59 Å². The van der Waals surface area contributed by atoms with Gasteiger partial charge >= 0.3 is 0 Å². The van der Waals surface area contributed by atoms with Crippen LogP contribution in [0.1, 0.15) is 22.1 Å². The van der Waals surface area contributed by atoms with Gasteiger partial charge in [0.1, 0.15) is 6.17 Å². The van der Waals surface area contributed by atoms with E-state index in [2.05, 4.69) is 16.9 Å². The van der Waals surface area contributed by atoms with Gasteiger partial charge in [-0.25, -0.2) is 0 Å². The summed E-state index contributed by atoms with van der Waals surface area (Å²) < 4.78 is 0. The number of aromatic amines is 1. The molecular formula is C20H17N3O2. The minimum absolute atomic E-state index is 0.119. The van der Waals surface area contributed by atoms with Gasteiger partial charge in [0.05, 0.1) is 11.1 Å². The Labute approximate surface area is 144 Å². The van der Waals surface area contributed by atoms with Crippen molar-refractivity contribution in [1.29, 1.82) is 0 Å². The van der Waals surface area contributed by atoms with Crippen molar-refractivity contribution in [2.24, 2.45) is 0 Å². The number of amides is 1. The zero-order valence-corrected chi connectivity index (χ0v) is 13.5. The van der Waals surface area contributed by atoms with E-state index in [4.69, 9.17) is 0 Å². The number of para-hydroxylation sites is 2. The number of hydrogen-bond acceptors (Lipinski definition) is 3. The van der Waals surface area contributed by atoms with Gasteiger partial charge in [0.2, 0.25) is 0 Å². The Morgan fingerprint density at radius 3 is 2.68 bits per heavy atom. The zero-order chi connectivity index (χ0) is 17.4. The second-order valence-corrected chi connectivity index (χ2v) is 5.98. The minimum Gasteiger partial charge on any atom is -0.361 e. The first-order chi connectivity index (χ1) is 12.2. The Balaban J connectivity index is 1.88. The molecule has 0 spiro atoms. The number of carbonyl (C=O) groups is 1. The molecule has 1 aromatic heterocycles. The predicted octanol–water partition coefficient (Wildman–Crippen LogP) is 3.28. The van der Waals surface area contributed by atoms with Crippen molar-refractivity contribution in [3.8, 4) is 0 Å². The number of carbonyl (C=O) groups excluding carboxylic acids is 1. The van der Waals surface area contributed by atoms with E-state index in [0.717, 1.165) is 16.6 Å². The summed E-state index contributed by atoms with van der Waals surface area (Å²) in [4.78, 5) is 30.1. The SMILES string of the molecule is C=CCN1C(=O)c2ccccc2NC1c1cc2ccccc2[nH]c1=O. The third-order valence-electron chi connectivity index (χ3n) is 4.42. The fourth-order valence-corrected chi connectivity index (χ4v) is 3.23. The molecule has 1 amide bonds. The first kappa shape index (κ1) is 15.2. The van der Waals surface area contributed by atoms with Crippen LogP contribution in [0, 0.1) is 0 Å². The zero-order valence-electron chi connectivity index (χ0n) is 13.5. The highest BCUT2D eigenvalue weighted by Gasteiger charge is 2.33. The number of fused-ring (bicyclic) bond motifs is 2. The van der Waals surface area contributed by atoms with Crippen molar-refractivity contribution in [1.82, 2.24) is 9.88 Å². The Morgan fingerprint density at radius 2 is 1.84 bits per heavy atom. The Morgan fingerprint density at radius 1 is 1.08 bits per heavy atom. The third kappa shape index (κ3) is 2.50. The lowest BCUT2D eigenvalue weighted by atomic mass is 10.0. The van der Waals surface area contributed by atoms with Crippen molar-refractivity contribution in [2.75, 3.05) is 11.9 Å². The van der Waals surface area contributed by atoms with Crippen LogP contribution >= 0.6 is 0 Å². The topological polar surface area (TPSA) is 65.2 Å². The van der Waals surface area contributed by atoms with Crippen LogP contribution < -0.4 is 10.9 Å². The maximum atomic E-state index is 12.9. The van der Waals surface area contributed by atoms with Crippen LogP contribution in [0.2, 0.25) is 0 Å². The van der Waals surface area contributed by atoms with Crippen molar-refractivity contribution < 1.29 is 4.79 Å². The predicted molar refractivity (Wildman–Crippen MR) is 98.6 cm³/mol. The fourth-order valence-electron chi connectivity index (χ4n) is 3.23. The molecule has 1 unspecified atom stereocenters. The smallest absolute Gasteiger partial charge is 0.258 e. The van der Waals surface area contributed by atoms with Crippen molar-refractivity contribution >= 4 is 22.5 Å². The van der Waals surface area contributed by atoms with Gasteiger partial charge in [-0.1, -0.05) is 36.4 Å². The Kier molecular flexibility index (Phi) is 3.61. The minimum atomic E-state index is -0.547. The van der Waals surface area contributed by atoms with E-state index in [1.54, 1.807) is 17.0 Å². The molecule has 1 aliphatic heterocycles. The van der Waals surface area contributed by atoms with E-state index < -0.39 is 6.17 Å². The summed E-state index contributed by atoms with van der Waals surface area (Å²) in [7, 11) is 0. The van der Waals surface area contributed by atoms with E-state index in [1.165, 1.54) is 0 Å². The average molecular weight is 331 g/mol. The second-order valence-electron chi connectivity index (χ2n) is 5.98. The first-order valence-corrected chi connectivity index (χ1v) is 8.08. The van der Waals surface area contributed by atoms with E-state index in [9.17, 15) is 9.59 Å². The van der Waals surface area contributed by atoms with Crippen molar-refractivity contribution in [3.05, 3.63) is 88.7 Å². The largest absolute Gasteiger partial charge is 0.361 e. The summed E-state index contributed by atoms with van der Waals surface area (Å²) in [6.07, 6.45) is 1.12. The number of benzene rings is 2. The summed E-state index contributed by atoms with van der Waals surface area (Å²) in [6.45, 7) is 4.08. The maximum Gasteiger partial charge on any atom is 0.258 e. The van der Waals surface area contributed by atoms with Crippen molar-refractivity contribution in [2.45, 2.75) is 6.17 Å². The molecule has 4 rings (SSSR count). The van der Waals surface area contributed by atoms with Crippen LogP contribution in [-0.4, -0.2) is 22.3 Å². The number of pyridine rings is 1. The van der Waals surface area contributed by atoms with Gasteiger partial charge < -0.3 is 15.2 Å². The highest BCUT2D eigenvalue weighted by atomic mass is 16.2. The molecule has 3 aromatic rings. The van der Waals surface area contributed by atoms with Crippen LogP contribution in [0.4, 0.5) is 5.69 Å². The molecule has 0 bridgehead atoms. The lowest BCUT2D eigenvalue weighted by Crippen LogP contribution is -2.44. The maximum absolute atomic E-state index is 12.9. The molecule has 0 radical (unpaired) electrons. The van der Waals surface area contributed by atoms with Gasteiger partial charge in [0.25, 0.3) is 11.5 Å². The fraction of sp³-hybridized carbons (Fsp3) is 0.100. The quantitative estimate of drug-likeness (QED) is 0.724. The molecule has 124 valence electrons. The molecule has 5 nitrogen and oxygen atoms in total. The molecular weight excluding hydrogens is 314 g/mol. The summed E-state index contributed by atoms with van der Waals surface area (Å²) in [5.41, 5.74) is 2.39. The van der Waals surface area contributed by atoms with E-state index in [1.807, 2.05) is 48.5 Å². The first-order valence-electron chi connectivity index (χ1n) is 8.08. The standard InChI is InChI=1S/C20H17N3O2/c1-2-11-23-18(21-17-10-6-4-8-14(17)20(23)25)15-12-13-7-3-5-9-16(13)22-19(15)24/h2-10,12,18,21H,1,11H2,(H,22,24). The molecule has 0 saturated carbocycles. The van der Waals surface area contributed by atoms with Crippen molar-refractivity contribution in [3.63, 3.8) is 0 Å². The summed E-state index contributed by atoms with van der Waals surface area (Å²) in [6, 6.07) is 16.7. The number of aromatic nitrogens is 1. The van der Waals surface area contributed by atoms with Crippen LogP contribution in [0.15, 0.2) is 72.0 Å². The molecule has 0 aliphatic carbocycles. The van der Waals surface area contributed by atoms with E-state index in [-0.39, 0.29) is 11.5 Å². The Bertz CT molecular complexity index is 1040. The molecule has 5 heteroatoms. The number of nitrogens with one attached hydrogen (secondary N) is 2. The lowest BCUT2D eigenvalue weighted by molar-refractivity contribution is 0.0706. The van der Waals surface area contributed by atoms with Crippen LogP contribution in [0.25, 0.3) is 10.9 Å². The van der Waals surface area contributed by atoms with Gasteiger partial charge in [0, 0.05) is 17.7 Å². The van der Waals surface area contributed by atoms with Gasteiger partial charge in [-0.15, -0.1) is 6.58 Å². The number of H-pyrrole nitrogens is 1. The second kappa shape index (κ2) is 5.94. The highest BCUT2D eigenvalue weighted by Crippen LogP contribution is 2.32. The molecule has 0 fully saturated rings. The summed E-state index contributed by atoms with van der Waals surface area (Å²) in [5.74, 6) is -0.119. The highest BCUT2D eigenvalue weighted by molar-refractivity contribution is 6.01. The summed E-state index contributed by atoms with van der Waals surface area (Å²) in [5, 5.41) is 4.24. The van der Waals surface area contributed by atoms with Gasteiger partial charge in [0.15, 0.2) is 0 Å². The average Bonchev–Trinajstić information content (AvgIpc) is 2.63. The third-order valence-corrected chi connectivity index (χ3v) is 4.42. The molecule has 25 heavy (non-hydrogen) atoms. The van der Waals surface area contributed by atoms with Crippen LogP contribution in [0.5, 0.6) is 0 Å². The van der Waals surface area contributed by atoms with E-state index in [0.29, 0.717) is 17.7 Å². The number of anilines is 1. The normalized spacial score (nSPS) is 16.4. The molecule has 1 atom stereocenters. The monoisotopic (exact) mass is 331 g/mol. The van der Waals surface area contributed by atoms with Crippen LogP contribution in [0.3, 0.4) is 0 Å². The number of nitrogens with zero attached hydrogens (tertiary/aromatic N) is 1.